The van der Waals surface area contributed by atoms with Gasteiger partial charge in [-0.3, -0.25) is 4.79 Å². The van der Waals surface area contributed by atoms with Crippen molar-refractivity contribution in [3.63, 3.8) is 0 Å². The summed E-state index contributed by atoms with van der Waals surface area (Å²) in [5, 5.41) is 3.39. The number of hydrogen-bond donors (Lipinski definition) is 1. The molecule has 5 heteroatoms. The second-order valence-corrected chi connectivity index (χ2v) is 6.92. The van der Waals surface area contributed by atoms with Crippen LogP contribution < -0.4 is 10.2 Å². The number of carbonyl (C=O) groups is 1. The first-order valence-electron chi connectivity index (χ1n) is 8.33. The van der Waals surface area contributed by atoms with Crippen molar-refractivity contribution in [2.45, 2.75) is 45.8 Å². The first-order valence-corrected chi connectivity index (χ1v) is 8.33. The molecule has 1 aromatic rings. The lowest BCUT2D eigenvalue weighted by Gasteiger charge is -2.31. The van der Waals surface area contributed by atoms with E-state index in [-0.39, 0.29) is 5.97 Å². The SMILES string of the molecule is CC(C)(C)OC(=O)CCN(CC[NH-])c1cccc2c1CCNC2. The fraction of sp³-hybridized carbons (Fsp3) is 0.611. The van der Waals surface area contributed by atoms with Crippen molar-refractivity contribution in [2.24, 2.45) is 0 Å². The maximum Gasteiger partial charge on any atom is 0.308 e. The van der Waals surface area contributed by atoms with Gasteiger partial charge in [0.2, 0.25) is 0 Å². The van der Waals surface area contributed by atoms with E-state index >= 15 is 0 Å². The Morgan fingerprint density at radius 3 is 2.83 bits per heavy atom. The summed E-state index contributed by atoms with van der Waals surface area (Å²) in [6, 6.07) is 6.32. The highest BCUT2D eigenvalue weighted by atomic mass is 16.6. The van der Waals surface area contributed by atoms with Gasteiger partial charge in [0.15, 0.2) is 0 Å². The molecule has 1 aliphatic heterocycles. The largest absolute Gasteiger partial charge is 0.676 e. The van der Waals surface area contributed by atoms with Gasteiger partial charge in [0.1, 0.15) is 5.60 Å². The summed E-state index contributed by atoms with van der Waals surface area (Å²) in [5.74, 6) is -0.182. The lowest BCUT2D eigenvalue weighted by molar-refractivity contribution is -0.154. The van der Waals surface area contributed by atoms with Crippen molar-refractivity contribution in [1.82, 2.24) is 5.32 Å². The third kappa shape index (κ3) is 5.22. The Bertz CT molecular complexity index is 538. The molecule has 23 heavy (non-hydrogen) atoms. The number of anilines is 1. The zero-order valence-corrected chi connectivity index (χ0v) is 14.4. The van der Waals surface area contributed by atoms with Crippen LogP contribution in [-0.2, 0) is 22.5 Å². The summed E-state index contributed by atoms with van der Waals surface area (Å²) in [6.45, 7) is 9.06. The van der Waals surface area contributed by atoms with E-state index < -0.39 is 5.60 Å². The number of nitrogens with one attached hydrogen (secondary N) is 2. The highest BCUT2D eigenvalue weighted by Gasteiger charge is 2.19. The molecule has 0 amide bonds. The van der Waals surface area contributed by atoms with Crippen LogP contribution >= 0.6 is 0 Å². The molecule has 0 fully saturated rings. The molecular weight excluding hydrogens is 290 g/mol. The van der Waals surface area contributed by atoms with E-state index in [1.165, 1.54) is 16.8 Å². The minimum absolute atomic E-state index is 0.182. The van der Waals surface area contributed by atoms with Crippen LogP contribution in [-0.4, -0.2) is 37.7 Å². The number of esters is 1. The van der Waals surface area contributed by atoms with Gasteiger partial charge in [-0.15, -0.1) is 6.54 Å². The predicted molar refractivity (Wildman–Crippen MR) is 93.7 cm³/mol. The van der Waals surface area contributed by atoms with E-state index in [4.69, 9.17) is 10.5 Å². The molecule has 0 saturated heterocycles. The van der Waals surface area contributed by atoms with Gasteiger partial charge in [0.25, 0.3) is 0 Å². The zero-order valence-electron chi connectivity index (χ0n) is 14.4. The summed E-state index contributed by atoms with van der Waals surface area (Å²) < 4.78 is 5.39. The lowest BCUT2D eigenvalue weighted by Crippen LogP contribution is -2.33. The molecular formula is C18H28N3O2-. The Kier molecular flexibility index (Phi) is 6.02. The molecule has 5 nitrogen and oxygen atoms in total. The van der Waals surface area contributed by atoms with Gasteiger partial charge < -0.3 is 20.7 Å². The Balaban J connectivity index is 2.08. The quantitative estimate of drug-likeness (QED) is 0.819. The van der Waals surface area contributed by atoms with Crippen LogP contribution in [0.2, 0.25) is 0 Å². The molecule has 128 valence electrons. The minimum Gasteiger partial charge on any atom is -0.676 e. The molecule has 1 heterocycles. The van der Waals surface area contributed by atoms with Crippen LogP contribution in [0.25, 0.3) is 5.73 Å². The first-order chi connectivity index (χ1) is 10.9. The molecule has 0 bridgehead atoms. The van der Waals surface area contributed by atoms with Crippen molar-refractivity contribution in [3.8, 4) is 0 Å². The van der Waals surface area contributed by atoms with Gasteiger partial charge in [-0.1, -0.05) is 12.1 Å². The van der Waals surface area contributed by atoms with E-state index in [1.807, 2.05) is 20.8 Å². The van der Waals surface area contributed by atoms with Crippen LogP contribution in [0, 0.1) is 0 Å². The summed E-state index contributed by atoms with van der Waals surface area (Å²) in [4.78, 5) is 14.1. The Morgan fingerprint density at radius 2 is 2.13 bits per heavy atom. The fourth-order valence-corrected chi connectivity index (χ4v) is 2.91. The molecule has 2 rings (SSSR count). The van der Waals surface area contributed by atoms with E-state index in [9.17, 15) is 4.79 Å². The summed E-state index contributed by atoms with van der Waals surface area (Å²) >= 11 is 0. The highest BCUT2D eigenvalue weighted by molar-refractivity contribution is 5.71. The average molecular weight is 318 g/mol. The van der Waals surface area contributed by atoms with Crippen molar-refractivity contribution < 1.29 is 9.53 Å². The average Bonchev–Trinajstić information content (AvgIpc) is 2.49. The van der Waals surface area contributed by atoms with E-state index in [2.05, 4.69) is 28.4 Å². The van der Waals surface area contributed by atoms with Crippen LogP contribution in [0.5, 0.6) is 0 Å². The van der Waals surface area contributed by atoms with Crippen molar-refractivity contribution >= 4 is 11.7 Å². The molecule has 0 aromatic heterocycles. The Hall–Kier alpha value is -1.59. The molecule has 0 unspecified atom stereocenters. The molecule has 0 aliphatic carbocycles. The fourth-order valence-electron chi connectivity index (χ4n) is 2.91. The summed E-state index contributed by atoms with van der Waals surface area (Å²) in [7, 11) is 0. The smallest absolute Gasteiger partial charge is 0.308 e. The maximum absolute atomic E-state index is 12.0. The monoisotopic (exact) mass is 318 g/mol. The van der Waals surface area contributed by atoms with E-state index in [0.29, 0.717) is 26.1 Å². The first kappa shape index (κ1) is 17.8. The van der Waals surface area contributed by atoms with Gasteiger partial charge in [-0.2, -0.15) is 0 Å². The summed E-state index contributed by atoms with van der Waals surface area (Å²) in [6.07, 6.45) is 1.34. The summed E-state index contributed by atoms with van der Waals surface area (Å²) in [5.41, 5.74) is 11.0. The van der Waals surface area contributed by atoms with Gasteiger partial charge in [-0.05, 0) is 57.5 Å². The number of fused-ring (bicyclic) bond motifs is 1. The number of hydrogen-bond acceptors (Lipinski definition) is 4. The van der Waals surface area contributed by atoms with E-state index in [1.54, 1.807) is 0 Å². The number of benzene rings is 1. The third-order valence-electron chi connectivity index (χ3n) is 3.84. The third-order valence-corrected chi connectivity index (χ3v) is 3.84. The zero-order chi connectivity index (χ0) is 16.9. The Morgan fingerprint density at radius 1 is 1.35 bits per heavy atom. The van der Waals surface area contributed by atoms with Gasteiger partial charge >= 0.3 is 5.97 Å². The number of nitrogens with zero attached hydrogens (tertiary/aromatic N) is 1. The number of rotatable bonds is 6. The molecule has 0 radical (unpaired) electrons. The normalized spacial score (nSPS) is 14.3. The standard InChI is InChI=1S/C18H28N3O2/c1-18(2,3)23-17(22)8-11-21(12-9-19)16-6-4-5-14-13-20-10-7-15(14)16/h4-6,19-20H,7-13H2,1-3H3/q-1. The Labute approximate surface area is 139 Å². The molecule has 0 atom stereocenters. The minimum atomic E-state index is -0.449. The molecule has 0 spiro atoms. The van der Waals surface area contributed by atoms with Gasteiger partial charge in [-0.25, -0.2) is 0 Å². The van der Waals surface area contributed by atoms with Crippen LogP contribution in [0.4, 0.5) is 5.69 Å². The second kappa shape index (κ2) is 7.79. The lowest BCUT2D eigenvalue weighted by atomic mass is 9.98. The van der Waals surface area contributed by atoms with Crippen molar-refractivity contribution in [1.29, 1.82) is 0 Å². The topological polar surface area (TPSA) is 65.4 Å². The number of carbonyl (C=O) groups excluding carboxylic acids is 1. The van der Waals surface area contributed by atoms with Crippen LogP contribution in [0.3, 0.4) is 0 Å². The van der Waals surface area contributed by atoms with Crippen molar-refractivity contribution in [2.75, 3.05) is 31.1 Å². The predicted octanol–water partition coefficient (Wildman–Crippen LogP) is 2.92. The second-order valence-electron chi connectivity index (χ2n) is 6.92. The number of ether oxygens (including phenoxy) is 1. The van der Waals surface area contributed by atoms with Crippen LogP contribution in [0.15, 0.2) is 18.2 Å². The molecule has 1 aliphatic rings. The highest BCUT2D eigenvalue weighted by Crippen LogP contribution is 2.27. The van der Waals surface area contributed by atoms with Gasteiger partial charge in [0, 0.05) is 18.8 Å². The maximum atomic E-state index is 12.0. The van der Waals surface area contributed by atoms with Crippen LogP contribution in [0.1, 0.15) is 38.3 Å². The molecule has 1 aromatic carbocycles. The van der Waals surface area contributed by atoms with Gasteiger partial charge in [0.05, 0.1) is 6.42 Å². The molecule has 0 saturated carbocycles. The molecule has 2 N–H and O–H groups in total. The van der Waals surface area contributed by atoms with E-state index in [0.717, 1.165) is 19.5 Å². The van der Waals surface area contributed by atoms with Crippen molar-refractivity contribution in [3.05, 3.63) is 35.1 Å².